The molecule has 164 valence electrons. The van der Waals surface area contributed by atoms with Gasteiger partial charge >= 0.3 is 0 Å². The van der Waals surface area contributed by atoms with Crippen molar-refractivity contribution in [2.45, 2.75) is 107 Å². The van der Waals surface area contributed by atoms with E-state index in [1.54, 1.807) is 0 Å². The summed E-state index contributed by atoms with van der Waals surface area (Å²) in [5.41, 5.74) is 0.130. The first-order valence-corrected chi connectivity index (χ1v) is 12.2. The molecule has 5 rings (SSSR count). The lowest BCUT2D eigenvalue weighted by Gasteiger charge is -2.45. The molecule has 30 heavy (non-hydrogen) atoms. The van der Waals surface area contributed by atoms with Gasteiger partial charge in [-0.25, -0.2) is 0 Å². The Morgan fingerprint density at radius 1 is 1.17 bits per heavy atom. The van der Waals surface area contributed by atoms with E-state index < -0.39 is 0 Å². The van der Waals surface area contributed by atoms with Crippen LogP contribution in [0.4, 0.5) is 0 Å². The predicted octanol–water partition coefficient (Wildman–Crippen LogP) is 2.92. The summed E-state index contributed by atoms with van der Waals surface area (Å²) in [6.07, 6.45) is 10.7. The quantitative estimate of drug-likeness (QED) is 0.715. The first kappa shape index (κ1) is 20.3. The Kier molecular flexibility index (Phi) is 5.08. The topological polar surface area (TPSA) is 67.6 Å². The van der Waals surface area contributed by atoms with E-state index in [1.807, 2.05) is 4.90 Å². The summed E-state index contributed by atoms with van der Waals surface area (Å²) in [5, 5.41) is 9.11. The van der Waals surface area contributed by atoms with E-state index in [9.17, 15) is 9.59 Å². The summed E-state index contributed by atoms with van der Waals surface area (Å²) in [7, 11) is 2.21. The van der Waals surface area contributed by atoms with E-state index >= 15 is 0 Å². The SMILES string of the molecule is C[C@H]1CN(C(=O)[C@@H]2CC[C@@H]3C[C@@H](N(C)C4CC(C#N)C4)CCCC(=O)N32)C2(CC2)C1. The molecule has 0 radical (unpaired) electrons. The van der Waals surface area contributed by atoms with Crippen LogP contribution in [0.2, 0.25) is 0 Å². The fourth-order valence-electron chi connectivity index (χ4n) is 6.93. The number of hydrogen-bond acceptors (Lipinski definition) is 4. The number of nitriles is 1. The first-order valence-electron chi connectivity index (χ1n) is 12.2. The minimum atomic E-state index is -0.235. The molecule has 2 saturated carbocycles. The van der Waals surface area contributed by atoms with Gasteiger partial charge in [-0.2, -0.15) is 5.26 Å². The Labute approximate surface area is 180 Å². The van der Waals surface area contributed by atoms with E-state index in [-0.39, 0.29) is 35.4 Å². The average molecular weight is 413 g/mol. The maximum Gasteiger partial charge on any atom is 0.245 e. The van der Waals surface area contributed by atoms with Gasteiger partial charge in [-0.3, -0.25) is 9.59 Å². The Hall–Kier alpha value is -1.61. The number of hydrogen-bond donors (Lipinski definition) is 0. The second-order valence-electron chi connectivity index (χ2n) is 10.9. The summed E-state index contributed by atoms with van der Waals surface area (Å²) in [6.45, 7) is 3.12. The number of carbonyl (C=O) groups excluding carboxylic acids is 2. The molecular weight excluding hydrogens is 376 g/mol. The van der Waals surface area contributed by atoms with Crippen LogP contribution in [0.5, 0.6) is 0 Å². The molecule has 0 aromatic rings. The highest BCUT2D eigenvalue weighted by Crippen LogP contribution is 2.52. The van der Waals surface area contributed by atoms with Crippen molar-refractivity contribution < 1.29 is 9.59 Å². The molecule has 6 nitrogen and oxygen atoms in total. The van der Waals surface area contributed by atoms with Crippen molar-refractivity contribution in [2.24, 2.45) is 11.8 Å². The molecule has 4 atom stereocenters. The third-order valence-electron chi connectivity index (χ3n) is 8.88. The van der Waals surface area contributed by atoms with Gasteiger partial charge in [0.05, 0.1) is 6.07 Å². The fourth-order valence-corrected chi connectivity index (χ4v) is 6.93. The second-order valence-corrected chi connectivity index (χ2v) is 10.9. The number of nitrogens with zero attached hydrogens (tertiary/aromatic N) is 4. The number of likely N-dealkylation sites (tertiary alicyclic amines) is 1. The molecule has 0 bridgehead atoms. The molecule has 5 aliphatic rings. The van der Waals surface area contributed by atoms with Crippen LogP contribution in [0.25, 0.3) is 0 Å². The van der Waals surface area contributed by atoms with Crippen LogP contribution in [-0.2, 0) is 9.59 Å². The summed E-state index contributed by atoms with van der Waals surface area (Å²) in [6, 6.07) is 3.31. The van der Waals surface area contributed by atoms with Crippen LogP contribution < -0.4 is 0 Å². The number of carbonyl (C=O) groups is 2. The van der Waals surface area contributed by atoms with Crippen molar-refractivity contribution in [3.8, 4) is 6.07 Å². The highest BCUT2D eigenvalue weighted by molar-refractivity contribution is 5.89. The minimum Gasteiger partial charge on any atom is -0.335 e. The Morgan fingerprint density at radius 2 is 1.93 bits per heavy atom. The highest BCUT2D eigenvalue weighted by atomic mass is 16.2. The number of amides is 2. The average Bonchev–Trinajstić information content (AvgIpc) is 3.18. The highest BCUT2D eigenvalue weighted by Gasteiger charge is 2.57. The van der Waals surface area contributed by atoms with E-state index in [0.29, 0.717) is 24.4 Å². The third-order valence-corrected chi connectivity index (χ3v) is 8.88. The van der Waals surface area contributed by atoms with Crippen LogP contribution in [0.15, 0.2) is 0 Å². The van der Waals surface area contributed by atoms with Gasteiger partial charge in [-0.1, -0.05) is 6.92 Å². The zero-order valence-corrected chi connectivity index (χ0v) is 18.6. The van der Waals surface area contributed by atoms with Crippen LogP contribution in [0.1, 0.15) is 77.6 Å². The van der Waals surface area contributed by atoms with E-state index in [4.69, 9.17) is 5.26 Å². The van der Waals surface area contributed by atoms with Gasteiger partial charge in [0.15, 0.2) is 0 Å². The van der Waals surface area contributed by atoms with Crippen molar-refractivity contribution in [2.75, 3.05) is 13.6 Å². The lowest BCUT2D eigenvalue weighted by atomic mass is 9.79. The molecule has 3 heterocycles. The smallest absolute Gasteiger partial charge is 0.245 e. The minimum absolute atomic E-state index is 0.130. The largest absolute Gasteiger partial charge is 0.335 e. The fraction of sp³-hybridized carbons (Fsp3) is 0.875. The molecule has 3 aliphatic heterocycles. The van der Waals surface area contributed by atoms with Crippen molar-refractivity contribution in [1.29, 1.82) is 5.26 Å². The van der Waals surface area contributed by atoms with Crippen LogP contribution in [0, 0.1) is 23.2 Å². The number of rotatable bonds is 3. The second kappa shape index (κ2) is 7.51. The van der Waals surface area contributed by atoms with Crippen LogP contribution >= 0.6 is 0 Å². The summed E-state index contributed by atoms with van der Waals surface area (Å²) in [4.78, 5) is 33.3. The molecule has 6 heteroatoms. The first-order chi connectivity index (χ1) is 14.4. The van der Waals surface area contributed by atoms with E-state index in [1.165, 1.54) is 0 Å². The third kappa shape index (κ3) is 3.34. The van der Waals surface area contributed by atoms with Crippen molar-refractivity contribution in [3.63, 3.8) is 0 Å². The monoisotopic (exact) mass is 412 g/mol. The Bertz CT molecular complexity index is 751. The van der Waals surface area contributed by atoms with Gasteiger partial charge in [0.1, 0.15) is 6.04 Å². The van der Waals surface area contributed by atoms with Crippen LogP contribution in [-0.4, -0.2) is 69.8 Å². The van der Waals surface area contributed by atoms with Gasteiger partial charge < -0.3 is 14.7 Å². The lowest BCUT2D eigenvalue weighted by Crippen LogP contribution is -2.54. The maximum absolute atomic E-state index is 13.6. The Morgan fingerprint density at radius 3 is 2.63 bits per heavy atom. The van der Waals surface area contributed by atoms with Crippen molar-refractivity contribution in [3.05, 3.63) is 0 Å². The standard InChI is InChI=1S/C24H36N4O2/c1-16-13-24(8-9-24)27(15-16)23(30)21-7-6-19-12-18(4-3-5-22(29)28(19)21)26(2)20-10-17(11-20)14-25/h16-21H,3-13,15H2,1-2H3/t16-,17?,18+,19-,20?,21+/m1/s1. The molecule has 2 amide bonds. The molecule has 0 N–H and O–H groups in total. The summed E-state index contributed by atoms with van der Waals surface area (Å²) >= 11 is 0. The lowest BCUT2D eigenvalue weighted by molar-refractivity contribution is -0.147. The predicted molar refractivity (Wildman–Crippen MR) is 113 cm³/mol. The van der Waals surface area contributed by atoms with Crippen molar-refractivity contribution in [1.82, 2.24) is 14.7 Å². The van der Waals surface area contributed by atoms with Gasteiger partial charge in [0, 0.05) is 42.5 Å². The van der Waals surface area contributed by atoms with Crippen LogP contribution in [0.3, 0.4) is 0 Å². The van der Waals surface area contributed by atoms with Gasteiger partial charge in [0.25, 0.3) is 0 Å². The molecule has 0 aromatic carbocycles. The van der Waals surface area contributed by atoms with Gasteiger partial charge in [-0.15, -0.1) is 0 Å². The molecule has 0 unspecified atom stereocenters. The summed E-state index contributed by atoms with van der Waals surface area (Å²) in [5.74, 6) is 1.22. The Balaban J connectivity index is 1.29. The normalized spacial score (nSPS) is 40.0. The molecule has 3 saturated heterocycles. The molecule has 1 spiro atoms. The van der Waals surface area contributed by atoms with Crippen molar-refractivity contribution >= 4 is 11.8 Å². The molecule has 5 fully saturated rings. The zero-order valence-electron chi connectivity index (χ0n) is 18.6. The number of fused-ring (bicyclic) bond motifs is 1. The van der Waals surface area contributed by atoms with E-state index in [2.05, 4.69) is 29.8 Å². The molecule has 2 aliphatic carbocycles. The summed E-state index contributed by atoms with van der Waals surface area (Å²) < 4.78 is 0. The van der Waals surface area contributed by atoms with Gasteiger partial charge in [0.2, 0.25) is 11.8 Å². The molecule has 0 aromatic heterocycles. The van der Waals surface area contributed by atoms with E-state index in [0.717, 1.165) is 70.8 Å². The maximum atomic E-state index is 13.6. The zero-order chi connectivity index (χ0) is 21.0. The molecular formula is C24H36N4O2. The van der Waals surface area contributed by atoms with Gasteiger partial charge in [-0.05, 0) is 77.2 Å².